The summed E-state index contributed by atoms with van der Waals surface area (Å²) < 4.78 is 0. The smallest absolute Gasteiger partial charge is 0.318 e. The van der Waals surface area contributed by atoms with Crippen LogP contribution in [0.25, 0.3) is 0 Å². The lowest BCUT2D eigenvalue weighted by Gasteiger charge is -2.30. The second kappa shape index (κ2) is 3.77. The average Bonchev–Trinajstić information content (AvgIpc) is 2.61. The highest BCUT2D eigenvalue weighted by Crippen LogP contribution is 2.25. The summed E-state index contributed by atoms with van der Waals surface area (Å²) in [5.41, 5.74) is 0.974. The number of nitrogens with one attached hydrogen (secondary N) is 1. The minimum Gasteiger partial charge on any atom is -0.329 e. The number of urea groups is 1. The molecule has 1 aliphatic rings. The van der Waals surface area contributed by atoms with Gasteiger partial charge in [0, 0.05) is 24.5 Å². The van der Waals surface area contributed by atoms with E-state index in [1.54, 1.807) is 12.4 Å². The largest absolute Gasteiger partial charge is 0.329 e. The number of pyridine rings is 1. The molecule has 0 spiro atoms. The normalized spacial score (nSPS) is 21.1. The second-order valence-electron chi connectivity index (χ2n) is 5.06. The lowest BCUT2D eigenvalue weighted by Crippen LogP contribution is -2.43. The summed E-state index contributed by atoms with van der Waals surface area (Å²) >= 11 is 0. The van der Waals surface area contributed by atoms with Crippen LogP contribution in [0.3, 0.4) is 0 Å². The highest BCUT2D eigenvalue weighted by atomic mass is 16.2. The number of aromatic nitrogens is 1. The minimum absolute atomic E-state index is 0.00862. The maximum atomic E-state index is 11.8. The molecule has 1 aromatic heterocycles. The first-order valence-electron chi connectivity index (χ1n) is 5.46. The van der Waals surface area contributed by atoms with E-state index >= 15 is 0 Å². The number of hydrogen-bond donors (Lipinski definition) is 1. The zero-order valence-electron chi connectivity index (χ0n) is 9.90. The Morgan fingerprint density at radius 3 is 2.50 bits per heavy atom. The number of carbonyl (C=O) groups excluding carboxylic acids is 1. The molecule has 0 radical (unpaired) electrons. The maximum Gasteiger partial charge on any atom is 0.318 e. The Labute approximate surface area is 95.7 Å². The van der Waals surface area contributed by atoms with Crippen LogP contribution >= 0.6 is 0 Å². The van der Waals surface area contributed by atoms with E-state index in [0.717, 1.165) is 5.56 Å². The minimum atomic E-state index is -0.133. The predicted molar refractivity (Wildman–Crippen MR) is 62.0 cm³/mol. The van der Waals surface area contributed by atoms with E-state index in [1.165, 1.54) is 0 Å². The number of carbonyl (C=O) groups is 1. The standard InChI is InChI=1S/C12H17N3O/c1-12(2,3)15-8-10(14-11(15)16)9-4-6-13-7-5-9/h4-7,10H,8H2,1-3H3,(H,14,16). The van der Waals surface area contributed by atoms with Crippen LogP contribution in [-0.2, 0) is 0 Å². The molecular formula is C12H17N3O. The van der Waals surface area contributed by atoms with Crippen LogP contribution in [0, 0.1) is 0 Å². The molecule has 1 aliphatic heterocycles. The van der Waals surface area contributed by atoms with Gasteiger partial charge in [-0.2, -0.15) is 0 Å². The van der Waals surface area contributed by atoms with Crippen molar-refractivity contribution in [1.29, 1.82) is 0 Å². The fraction of sp³-hybridized carbons (Fsp3) is 0.500. The maximum absolute atomic E-state index is 11.8. The number of nitrogens with zero attached hydrogens (tertiary/aromatic N) is 2. The number of rotatable bonds is 1. The topological polar surface area (TPSA) is 45.2 Å². The second-order valence-corrected chi connectivity index (χ2v) is 5.06. The summed E-state index contributed by atoms with van der Waals surface area (Å²) in [6.45, 7) is 6.84. The van der Waals surface area contributed by atoms with Crippen molar-refractivity contribution in [2.75, 3.05) is 6.54 Å². The van der Waals surface area contributed by atoms with Crippen molar-refractivity contribution in [1.82, 2.24) is 15.2 Å². The molecule has 1 atom stereocenters. The molecule has 2 rings (SSSR count). The van der Waals surface area contributed by atoms with Gasteiger partial charge >= 0.3 is 6.03 Å². The molecule has 4 nitrogen and oxygen atoms in total. The first kappa shape index (κ1) is 10.9. The Balaban J connectivity index is 2.16. The van der Waals surface area contributed by atoms with Crippen molar-refractivity contribution in [2.45, 2.75) is 32.4 Å². The molecule has 2 heterocycles. The van der Waals surface area contributed by atoms with Crippen LogP contribution in [0.5, 0.6) is 0 Å². The quantitative estimate of drug-likeness (QED) is 0.784. The first-order valence-corrected chi connectivity index (χ1v) is 5.46. The third kappa shape index (κ3) is 2.01. The van der Waals surface area contributed by atoms with Gasteiger partial charge in [0.2, 0.25) is 0 Å². The third-order valence-corrected chi connectivity index (χ3v) is 2.83. The van der Waals surface area contributed by atoms with E-state index in [-0.39, 0.29) is 17.6 Å². The Kier molecular flexibility index (Phi) is 2.58. The van der Waals surface area contributed by atoms with E-state index < -0.39 is 0 Å². The van der Waals surface area contributed by atoms with Gasteiger partial charge in [0.1, 0.15) is 0 Å². The molecule has 0 saturated carbocycles. The first-order chi connectivity index (χ1) is 7.48. The van der Waals surface area contributed by atoms with Crippen molar-refractivity contribution in [3.63, 3.8) is 0 Å². The van der Waals surface area contributed by atoms with E-state index in [4.69, 9.17) is 0 Å². The van der Waals surface area contributed by atoms with Gasteiger partial charge in [0.25, 0.3) is 0 Å². The Hall–Kier alpha value is -1.58. The van der Waals surface area contributed by atoms with Gasteiger partial charge in [-0.3, -0.25) is 4.98 Å². The van der Waals surface area contributed by atoms with Crippen LogP contribution in [0.1, 0.15) is 32.4 Å². The molecule has 16 heavy (non-hydrogen) atoms. The summed E-state index contributed by atoms with van der Waals surface area (Å²) in [4.78, 5) is 17.6. The highest BCUT2D eigenvalue weighted by Gasteiger charge is 2.36. The fourth-order valence-electron chi connectivity index (χ4n) is 1.90. The molecule has 86 valence electrons. The van der Waals surface area contributed by atoms with E-state index in [1.807, 2.05) is 37.8 Å². The monoisotopic (exact) mass is 219 g/mol. The molecule has 1 N–H and O–H groups in total. The lowest BCUT2D eigenvalue weighted by molar-refractivity contribution is 0.169. The zero-order valence-corrected chi connectivity index (χ0v) is 9.90. The summed E-state index contributed by atoms with van der Waals surface area (Å²) in [6, 6.07) is 3.97. The Morgan fingerprint density at radius 2 is 2.00 bits per heavy atom. The van der Waals surface area contributed by atoms with Crippen molar-refractivity contribution in [3.05, 3.63) is 30.1 Å². The molecule has 1 saturated heterocycles. The van der Waals surface area contributed by atoms with Crippen molar-refractivity contribution < 1.29 is 4.79 Å². The zero-order chi connectivity index (χ0) is 11.8. The van der Waals surface area contributed by atoms with E-state index in [9.17, 15) is 4.79 Å². The van der Waals surface area contributed by atoms with Crippen LogP contribution < -0.4 is 5.32 Å². The van der Waals surface area contributed by atoms with Crippen molar-refractivity contribution >= 4 is 6.03 Å². The van der Waals surface area contributed by atoms with Gasteiger partial charge in [0.15, 0.2) is 0 Å². The van der Waals surface area contributed by atoms with Gasteiger partial charge in [-0.15, -0.1) is 0 Å². The molecular weight excluding hydrogens is 202 g/mol. The molecule has 0 bridgehead atoms. The summed E-state index contributed by atoms with van der Waals surface area (Å²) in [5.74, 6) is 0. The van der Waals surface area contributed by atoms with E-state index in [0.29, 0.717) is 6.54 Å². The van der Waals surface area contributed by atoms with Crippen molar-refractivity contribution in [2.24, 2.45) is 0 Å². The van der Waals surface area contributed by atoms with Crippen molar-refractivity contribution in [3.8, 4) is 0 Å². The Morgan fingerprint density at radius 1 is 1.38 bits per heavy atom. The summed E-state index contributed by atoms with van der Waals surface area (Å²) in [7, 11) is 0. The summed E-state index contributed by atoms with van der Waals surface area (Å²) in [6.07, 6.45) is 3.50. The van der Waals surface area contributed by atoms with Gasteiger partial charge in [-0.1, -0.05) is 0 Å². The number of amides is 2. The molecule has 1 fully saturated rings. The van der Waals surface area contributed by atoms with Gasteiger partial charge < -0.3 is 10.2 Å². The SMILES string of the molecule is CC(C)(C)N1CC(c2ccncc2)NC1=O. The van der Waals surface area contributed by atoms with Crippen LogP contribution in [-0.4, -0.2) is 28.0 Å². The molecule has 1 aromatic rings. The van der Waals surface area contributed by atoms with Gasteiger partial charge in [-0.25, -0.2) is 4.79 Å². The van der Waals surface area contributed by atoms with E-state index in [2.05, 4.69) is 10.3 Å². The Bertz CT molecular complexity index is 383. The summed E-state index contributed by atoms with van der Waals surface area (Å²) in [5, 5.41) is 2.99. The van der Waals surface area contributed by atoms with Crippen LogP contribution in [0.15, 0.2) is 24.5 Å². The van der Waals surface area contributed by atoms with Crippen LogP contribution in [0.2, 0.25) is 0 Å². The van der Waals surface area contributed by atoms with Gasteiger partial charge in [0.05, 0.1) is 6.04 Å². The fourth-order valence-corrected chi connectivity index (χ4v) is 1.90. The van der Waals surface area contributed by atoms with Gasteiger partial charge in [-0.05, 0) is 38.5 Å². The average molecular weight is 219 g/mol. The van der Waals surface area contributed by atoms with Crippen LogP contribution in [0.4, 0.5) is 4.79 Å². The molecule has 0 aromatic carbocycles. The number of hydrogen-bond acceptors (Lipinski definition) is 2. The molecule has 0 aliphatic carbocycles. The predicted octanol–water partition coefficient (Wildman–Crippen LogP) is 1.95. The molecule has 1 unspecified atom stereocenters. The lowest BCUT2D eigenvalue weighted by atomic mass is 10.1. The molecule has 4 heteroatoms. The molecule has 2 amide bonds. The third-order valence-electron chi connectivity index (χ3n) is 2.83. The highest BCUT2D eigenvalue weighted by molar-refractivity contribution is 5.78.